The predicted molar refractivity (Wildman–Crippen MR) is 52.9 cm³/mol. The van der Waals surface area contributed by atoms with Gasteiger partial charge in [0.25, 0.3) is 0 Å². The Morgan fingerprint density at radius 3 is 2.25 bits per heavy atom. The average Bonchev–Trinajstić information content (AvgIpc) is 2.20. The van der Waals surface area contributed by atoms with E-state index in [9.17, 15) is 18.3 Å². The first-order valence-corrected chi connectivity index (χ1v) is 5.91. The number of hydrogen-bond acceptors (Lipinski definition) is 5. The van der Waals surface area contributed by atoms with Crippen LogP contribution in [0, 0.1) is 0 Å². The van der Waals surface area contributed by atoms with Crippen LogP contribution in [0.3, 0.4) is 0 Å². The highest BCUT2D eigenvalue weighted by molar-refractivity contribution is 7.93. The molecular formula is C9H9NO5S. The monoisotopic (exact) mass is 243 g/mol. The van der Waals surface area contributed by atoms with Crippen molar-refractivity contribution in [2.24, 2.45) is 5.73 Å². The standard InChI is InChI=1S/C9H9NO5S/c10-5(9(12)13)1-4-2-6-8(11)7(3-4)16(6,14)15/h2-3,5,11H,1,10H2,(H,12,13)/t5-/m0/s1. The van der Waals surface area contributed by atoms with Gasteiger partial charge in [0.1, 0.15) is 15.8 Å². The Balaban J connectivity index is 2.31. The third-order valence-corrected chi connectivity index (χ3v) is 4.23. The van der Waals surface area contributed by atoms with Crippen molar-refractivity contribution in [1.82, 2.24) is 0 Å². The fourth-order valence-electron chi connectivity index (χ4n) is 1.58. The molecule has 3 rings (SSSR count). The van der Waals surface area contributed by atoms with Crippen LogP contribution in [0.4, 0.5) is 0 Å². The molecule has 1 aromatic carbocycles. The van der Waals surface area contributed by atoms with E-state index in [2.05, 4.69) is 0 Å². The number of carboxylic acid groups (broad SMARTS) is 1. The van der Waals surface area contributed by atoms with Gasteiger partial charge in [0.05, 0.1) is 0 Å². The summed E-state index contributed by atoms with van der Waals surface area (Å²) >= 11 is 0. The molecule has 0 fully saturated rings. The van der Waals surface area contributed by atoms with Gasteiger partial charge in [0.15, 0.2) is 5.75 Å². The number of rotatable bonds is 3. The first-order valence-electron chi connectivity index (χ1n) is 4.43. The van der Waals surface area contributed by atoms with E-state index < -0.39 is 21.8 Å². The zero-order chi connectivity index (χ0) is 12.1. The van der Waals surface area contributed by atoms with Crippen molar-refractivity contribution in [2.45, 2.75) is 22.3 Å². The molecule has 0 aliphatic carbocycles. The second-order valence-electron chi connectivity index (χ2n) is 3.59. The van der Waals surface area contributed by atoms with Gasteiger partial charge >= 0.3 is 5.97 Å². The molecule has 16 heavy (non-hydrogen) atoms. The highest BCUT2D eigenvalue weighted by Gasteiger charge is 2.37. The van der Waals surface area contributed by atoms with Gasteiger partial charge in [-0.25, -0.2) is 8.42 Å². The number of benzene rings is 1. The second-order valence-corrected chi connectivity index (χ2v) is 5.48. The van der Waals surface area contributed by atoms with Gasteiger partial charge < -0.3 is 15.9 Å². The Morgan fingerprint density at radius 2 is 1.88 bits per heavy atom. The van der Waals surface area contributed by atoms with Gasteiger partial charge in [0.2, 0.25) is 9.84 Å². The highest BCUT2D eigenvalue weighted by atomic mass is 32.2. The molecule has 4 N–H and O–H groups in total. The number of carboxylic acids is 1. The lowest BCUT2D eigenvalue weighted by Gasteiger charge is -2.21. The third kappa shape index (κ3) is 1.36. The van der Waals surface area contributed by atoms with Crippen LogP contribution in [0.1, 0.15) is 5.56 Å². The van der Waals surface area contributed by atoms with Crippen molar-refractivity contribution in [1.29, 1.82) is 0 Å². The summed E-state index contributed by atoms with van der Waals surface area (Å²) < 4.78 is 22.7. The van der Waals surface area contributed by atoms with E-state index in [0.717, 1.165) is 0 Å². The summed E-state index contributed by atoms with van der Waals surface area (Å²) in [6.07, 6.45) is 0.0329. The van der Waals surface area contributed by atoms with Crippen molar-refractivity contribution in [3.05, 3.63) is 17.7 Å². The number of phenolic OH excluding ortho intramolecular Hbond substituents is 1. The number of nitrogens with two attached hydrogens (primary N) is 1. The predicted octanol–water partition coefficient (Wildman–Crippen LogP) is -0.507. The van der Waals surface area contributed by atoms with Crippen LogP contribution < -0.4 is 5.73 Å². The Labute approximate surface area is 91.2 Å². The summed E-state index contributed by atoms with van der Waals surface area (Å²) in [6.45, 7) is 0. The third-order valence-electron chi connectivity index (χ3n) is 2.45. The number of fused-ring (bicyclic) bond motifs is 2. The topological polar surface area (TPSA) is 118 Å². The van der Waals surface area contributed by atoms with Gasteiger partial charge in [-0.3, -0.25) is 4.79 Å². The molecule has 1 aromatic rings. The van der Waals surface area contributed by atoms with E-state index in [-0.39, 0.29) is 22.0 Å². The van der Waals surface area contributed by atoms with Crippen LogP contribution in [0.15, 0.2) is 21.9 Å². The van der Waals surface area contributed by atoms with Gasteiger partial charge in [-0.05, 0) is 24.1 Å². The largest absolute Gasteiger partial charge is 0.505 e. The van der Waals surface area contributed by atoms with Crippen LogP contribution in [0.2, 0.25) is 0 Å². The Bertz CT molecular complexity index is 547. The number of hydrogen-bond donors (Lipinski definition) is 3. The summed E-state index contributed by atoms with van der Waals surface area (Å²) in [5.74, 6) is -1.41. The summed E-state index contributed by atoms with van der Waals surface area (Å²) in [5.41, 5.74) is 5.81. The molecule has 0 aromatic heterocycles. The number of sulfone groups is 1. The molecule has 0 saturated carbocycles. The van der Waals surface area contributed by atoms with Crippen LogP contribution >= 0.6 is 0 Å². The molecule has 0 unspecified atom stereocenters. The molecular weight excluding hydrogens is 234 g/mol. The fourth-order valence-corrected chi connectivity index (χ4v) is 3.00. The van der Waals surface area contributed by atoms with Crippen molar-refractivity contribution >= 4 is 15.8 Å². The molecule has 86 valence electrons. The molecule has 6 nitrogen and oxygen atoms in total. The Hall–Kier alpha value is -1.60. The smallest absolute Gasteiger partial charge is 0.320 e. The molecule has 0 amide bonds. The Kier molecular flexibility index (Phi) is 2.18. The lowest BCUT2D eigenvalue weighted by Crippen LogP contribution is -2.32. The van der Waals surface area contributed by atoms with E-state index in [4.69, 9.17) is 10.8 Å². The SMILES string of the molecule is N[C@@H](Cc1cc2c(O)c(c1)S2(=O)=O)C(=O)O. The highest BCUT2D eigenvalue weighted by Crippen LogP contribution is 2.45. The Morgan fingerprint density at radius 1 is 1.38 bits per heavy atom. The molecule has 2 aliphatic rings. The zero-order valence-electron chi connectivity index (χ0n) is 8.04. The number of aliphatic carboxylic acids is 1. The molecule has 0 spiro atoms. The molecule has 0 saturated heterocycles. The van der Waals surface area contributed by atoms with Crippen LogP contribution in [0.25, 0.3) is 0 Å². The van der Waals surface area contributed by atoms with Crippen molar-refractivity contribution in [3.8, 4) is 5.75 Å². The summed E-state index contributed by atoms with van der Waals surface area (Å²) in [6, 6.07) is 1.42. The van der Waals surface area contributed by atoms with Gasteiger partial charge in [0, 0.05) is 0 Å². The lowest BCUT2D eigenvalue weighted by molar-refractivity contribution is -0.138. The lowest BCUT2D eigenvalue weighted by atomic mass is 10.1. The normalized spacial score (nSPS) is 17.6. The summed E-state index contributed by atoms with van der Waals surface area (Å²) in [7, 11) is -3.48. The zero-order valence-corrected chi connectivity index (χ0v) is 8.86. The molecule has 2 bridgehead atoms. The van der Waals surface area contributed by atoms with Crippen LogP contribution in [-0.2, 0) is 21.1 Å². The maximum atomic E-state index is 11.3. The van der Waals surface area contributed by atoms with E-state index in [1.807, 2.05) is 0 Å². The number of aromatic hydroxyl groups is 1. The minimum absolute atomic E-state index is 0.0329. The number of carbonyl (C=O) groups is 1. The maximum Gasteiger partial charge on any atom is 0.320 e. The van der Waals surface area contributed by atoms with Crippen LogP contribution in [-0.4, -0.2) is 30.6 Å². The van der Waals surface area contributed by atoms with Gasteiger partial charge in [-0.15, -0.1) is 0 Å². The van der Waals surface area contributed by atoms with Crippen molar-refractivity contribution < 1.29 is 23.4 Å². The van der Waals surface area contributed by atoms with Crippen molar-refractivity contribution in [3.63, 3.8) is 0 Å². The minimum atomic E-state index is -3.48. The average molecular weight is 243 g/mol. The molecule has 0 radical (unpaired) electrons. The first kappa shape index (κ1) is 10.9. The van der Waals surface area contributed by atoms with E-state index in [1.54, 1.807) is 0 Å². The first-order chi connectivity index (χ1) is 7.34. The van der Waals surface area contributed by atoms with Gasteiger partial charge in [-0.2, -0.15) is 0 Å². The second kappa shape index (κ2) is 3.19. The summed E-state index contributed by atoms with van der Waals surface area (Å²) in [4.78, 5) is 10.2. The summed E-state index contributed by atoms with van der Waals surface area (Å²) in [5, 5.41) is 17.9. The molecule has 2 heterocycles. The van der Waals surface area contributed by atoms with Crippen molar-refractivity contribution in [2.75, 3.05) is 0 Å². The van der Waals surface area contributed by atoms with Crippen LogP contribution in [0.5, 0.6) is 5.75 Å². The maximum absolute atomic E-state index is 11.3. The minimum Gasteiger partial charge on any atom is -0.505 e. The van der Waals surface area contributed by atoms with Gasteiger partial charge in [-0.1, -0.05) is 0 Å². The number of phenols is 1. The van der Waals surface area contributed by atoms with E-state index in [1.165, 1.54) is 12.1 Å². The molecule has 2 aliphatic heterocycles. The molecule has 7 heteroatoms. The molecule has 1 atom stereocenters. The van der Waals surface area contributed by atoms with E-state index in [0.29, 0.717) is 5.56 Å². The van der Waals surface area contributed by atoms with E-state index >= 15 is 0 Å². The quantitative estimate of drug-likeness (QED) is 0.668. The fraction of sp³-hybridized carbons (Fsp3) is 0.222.